The summed E-state index contributed by atoms with van der Waals surface area (Å²) in [5, 5.41) is 0. The van der Waals surface area contributed by atoms with Crippen molar-refractivity contribution in [3.8, 4) is 0 Å². The average Bonchev–Trinajstić information content (AvgIpc) is 2.34. The van der Waals surface area contributed by atoms with Crippen LogP contribution < -0.4 is 0 Å². The van der Waals surface area contributed by atoms with Gasteiger partial charge in [0.2, 0.25) is 21.6 Å². The average molecular weight is 295 g/mol. The normalized spacial score (nSPS) is 27.5. The molecule has 0 amide bonds. The van der Waals surface area contributed by atoms with Crippen molar-refractivity contribution in [2.45, 2.75) is 51.6 Å². The molecule has 0 aliphatic carbocycles. The van der Waals surface area contributed by atoms with E-state index in [1.807, 2.05) is 6.92 Å². The lowest BCUT2D eigenvalue weighted by atomic mass is 10.1. The Balaban J connectivity index is 1.93. The number of piperidine rings is 1. The lowest BCUT2D eigenvalue weighted by Crippen LogP contribution is -2.54. The Labute approximate surface area is 113 Å². The number of hydrogen-bond acceptors (Lipinski definition) is 6. The zero-order valence-corrected chi connectivity index (χ0v) is 12.4. The van der Waals surface area contributed by atoms with Gasteiger partial charge in [0.15, 0.2) is 0 Å². The van der Waals surface area contributed by atoms with Crippen LogP contribution in [0.15, 0.2) is 0 Å². The van der Waals surface area contributed by atoms with E-state index in [-0.39, 0.29) is 5.75 Å². The highest BCUT2D eigenvalue weighted by Crippen LogP contribution is 2.36. The highest BCUT2D eigenvalue weighted by molar-refractivity contribution is 7.89. The maximum Gasteiger partial charge on any atom is 0.236 e. The molecule has 0 radical (unpaired) electrons. The van der Waals surface area contributed by atoms with Crippen LogP contribution in [0.4, 0.5) is 0 Å². The van der Waals surface area contributed by atoms with E-state index in [2.05, 4.69) is 0 Å². The quantitative estimate of drug-likeness (QED) is 0.728. The third-order valence-electron chi connectivity index (χ3n) is 3.13. The Kier molecular flexibility index (Phi) is 4.20. The smallest absolute Gasteiger partial charge is 0.212 e. The van der Waals surface area contributed by atoms with Crippen LogP contribution >= 0.6 is 0 Å². The maximum absolute atomic E-state index is 11.9. The van der Waals surface area contributed by atoms with Gasteiger partial charge in [-0.25, -0.2) is 12.7 Å². The molecule has 112 valence electrons. The van der Waals surface area contributed by atoms with Crippen LogP contribution in [-0.4, -0.2) is 43.1 Å². The van der Waals surface area contributed by atoms with E-state index in [4.69, 9.17) is 19.6 Å². The van der Waals surface area contributed by atoms with E-state index in [1.165, 1.54) is 4.31 Å². The summed E-state index contributed by atoms with van der Waals surface area (Å²) in [5.74, 6) is -1.77. The van der Waals surface area contributed by atoms with E-state index in [9.17, 15) is 8.42 Å². The Morgan fingerprint density at radius 3 is 2.05 bits per heavy atom. The van der Waals surface area contributed by atoms with Crippen LogP contribution in [0.2, 0.25) is 0 Å². The molecule has 0 aromatic heterocycles. The topological polar surface area (TPSA) is 74.3 Å². The summed E-state index contributed by atoms with van der Waals surface area (Å²) in [4.78, 5) is 20.8. The zero-order chi connectivity index (χ0) is 14.1. The summed E-state index contributed by atoms with van der Waals surface area (Å²) in [5.41, 5.74) is 0. The van der Waals surface area contributed by atoms with Crippen LogP contribution in [0.5, 0.6) is 0 Å². The van der Waals surface area contributed by atoms with E-state index in [1.54, 1.807) is 13.8 Å². The molecule has 0 atom stereocenters. The first-order valence-electron chi connectivity index (χ1n) is 6.50. The molecule has 8 heteroatoms. The fourth-order valence-corrected chi connectivity index (χ4v) is 3.55. The zero-order valence-electron chi connectivity index (χ0n) is 11.5. The number of hydrogen-bond donors (Lipinski definition) is 0. The van der Waals surface area contributed by atoms with Gasteiger partial charge in [0, 0.05) is 25.9 Å². The molecule has 7 nitrogen and oxygen atoms in total. The molecule has 0 saturated carbocycles. The molecule has 2 heterocycles. The Morgan fingerprint density at radius 1 is 1.05 bits per heavy atom. The summed E-state index contributed by atoms with van der Waals surface area (Å²) in [6.45, 7) is 5.87. The monoisotopic (exact) mass is 295 g/mol. The van der Waals surface area contributed by atoms with Crippen LogP contribution in [0.25, 0.3) is 0 Å². The predicted molar refractivity (Wildman–Crippen MR) is 66.0 cm³/mol. The van der Waals surface area contributed by atoms with Crippen molar-refractivity contribution in [2.75, 3.05) is 18.8 Å². The van der Waals surface area contributed by atoms with Crippen molar-refractivity contribution < 1.29 is 28.0 Å². The molecule has 2 aliphatic rings. The molecule has 0 bridgehead atoms. The first-order valence-corrected chi connectivity index (χ1v) is 8.11. The lowest BCUT2D eigenvalue weighted by molar-refractivity contribution is -0.653. The van der Waals surface area contributed by atoms with Crippen LogP contribution in [0, 0.1) is 0 Å². The van der Waals surface area contributed by atoms with Crippen molar-refractivity contribution >= 4 is 10.0 Å². The van der Waals surface area contributed by atoms with Gasteiger partial charge in [0.1, 0.15) is 0 Å². The summed E-state index contributed by atoms with van der Waals surface area (Å²) in [7, 11) is -3.17. The molecule has 2 saturated heterocycles. The second kappa shape index (κ2) is 5.27. The standard InChI is InChI=1S/C11H21NO6S/c1-4-9-19(13,14)12-7-5-11(6-8-12)17-15-10(2,3)16-18-11/h4-9H2,1-3H3. The minimum Gasteiger partial charge on any atom is -0.212 e. The fourth-order valence-electron chi connectivity index (χ4n) is 2.04. The van der Waals surface area contributed by atoms with Gasteiger partial charge < -0.3 is 0 Å². The first-order chi connectivity index (χ1) is 8.79. The van der Waals surface area contributed by atoms with E-state index in [0.29, 0.717) is 32.4 Å². The van der Waals surface area contributed by atoms with Crippen molar-refractivity contribution in [3.63, 3.8) is 0 Å². The lowest BCUT2D eigenvalue weighted by Gasteiger charge is -2.43. The SMILES string of the molecule is CCCS(=O)(=O)N1CCC2(CC1)OOC(C)(C)OO2. The van der Waals surface area contributed by atoms with Gasteiger partial charge in [-0.1, -0.05) is 6.92 Å². The molecule has 1 spiro atoms. The van der Waals surface area contributed by atoms with E-state index >= 15 is 0 Å². The summed E-state index contributed by atoms with van der Waals surface area (Å²) < 4.78 is 25.3. The van der Waals surface area contributed by atoms with Gasteiger partial charge in [-0.3, -0.25) is 0 Å². The Bertz CT molecular complexity index is 401. The third kappa shape index (κ3) is 3.45. The molecule has 0 aromatic rings. The Morgan fingerprint density at radius 2 is 1.58 bits per heavy atom. The summed E-state index contributed by atoms with van der Waals surface area (Å²) in [6, 6.07) is 0. The molecule has 19 heavy (non-hydrogen) atoms. The van der Waals surface area contributed by atoms with Crippen molar-refractivity contribution in [3.05, 3.63) is 0 Å². The van der Waals surface area contributed by atoms with Gasteiger partial charge in [-0.05, 0) is 20.3 Å². The van der Waals surface area contributed by atoms with E-state index in [0.717, 1.165) is 0 Å². The molecule has 2 aliphatic heterocycles. The summed E-state index contributed by atoms with van der Waals surface area (Å²) >= 11 is 0. The fraction of sp³-hybridized carbons (Fsp3) is 1.00. The first kappa shape index (κ1) is 15.1. The van der Waals surface area contributed by atoms with Crippen molar-refractivity contribution in [1.82, 2.24) is 4.31 Å². The van der Waals surface area contributed by atoms with Crippen LogP contribution in [0.3, 0.4) is 0 Å². The highest BCUT2D eigenvalue weighted by atomic mass is 32.2. The molecule has 0 aromatic carbocycles. The van der Waals surface area contributed by atoms with E-state index < -0.39 is 21.6 Å². The van der Waals surface area contributed by atoms with Gasteiger partial charge in [-0.2, -0.15) is 19.6 Å². The molecular formula is C11H21NO6S. The van der Waals surface area contributed by atoms with Crippen LogP contribution in [0.1, 0.15) is 40.0 Å². The molecule has 2 rings (SSSR count). The largest absolute Gasteiger partial charge is 0.236 e. The molecule has 0 N–H and O–H groups in total. The van der Waals surface area contributed by atoms with Crippen LogP contribution in [-0.2, 0) is 29.6 Å². The number of nitrogens with zero attached hydrogens (tertiary/aromatic N) is 1. The second-order valence-corrected chi connectivity index (χ2v) is 7.45. The second-order valence-electron chi connectivity index (χ2n) is 5.36. The van der Waals surface area contributed by atoms with Crippen molar-refractivity contribution in [2.24, 2.45) is 0 Å². The Hall–Kier alpha value is -0.250. The minimum absolute atomic E-state index is 0.168. The van der Waals surface area contributed by atoms with Gasteiger partial charge in [0.05, 0.1) is 5.75 Å². The number of rotatable bonds is 3. The predicted octanol–water partition coefficient (Wildman–Crippen LogP) is 1.16. The summed E-state index contributed by atoms with van der Waals surface area (Å²) in [6.07, 6.45) is 1.37. The highest BCUT2D eigenvalue weighted by Gasteiger charge is 2.47. The molecular weight excluding hydrogens is 274 g/mol. The maximum atomic E-state index is 11.9. The molecule has 2 fully saturated rings. The number of sulfonamides is 1. The van der Waals surface area contributed by atoms with Crippen molar-refractivity contribution in [1.29, 1.82) is 0 Å². The minimum atomic E-state index is -3.17. The van der Waals surface area contributed by atoms with Gasteiger partial charge in [-0.15, -0.1) is 0 Å². The third-order valence-corrected chi connectivity index (χ3v) is 5.20. The van der Waals surface area contributed by atoms with Gasteiger partial charge in [0.25, 0.3) is 0 Å². The van der Waals surface area contributed by atoms with Gasteiger partial charge >= 0.3 is 0 Å². The molecule has 0 unspecified atom stereocenters.